The summed E-state index contributed by atoms with van der Waals surface area (Å²) in [7, 11) is 0. The van der Waals surface area contributed by atoms with Gasteiger partial charge in [0.05, 0.1) is 17.7 Å². The molecule has 4 rings (SSSR count). The van der Waals surface area contributed by atoms with Gasteiger partial charge in [-0.25, -0.2) is 9.78 Å². The molecular formula is C20H23F3N4O5. The number of carbonyl (C=O) groups excluding carboxylic acids is 1. The summed E-state index contributed by atoms with van der Waals surface area (Å²) in [5.74, 6) is -1.06. The lowest BCUT2D eigenvalue weighted by molar-refractivity contribution is -0.192. The number of nitrogens with zero attached hydrogens (tertiary/aromatic N) is 3. The third-order valence-corrected chi connectivity index (χ3v) is 5.50. The van der Waals surface area contributed by atoms with Crippen LogP contribution in [0.15, 0.2) is 35.0 Å². The minimum Gasteiger partial charge on any atom is -0.477 e. The number of hydrogen-bond acceptors (Lipinski definition) is 7. The highest BCUT2D eigenvalue weighted by atomic mass is 19.4. The minimum absolute atomic E-state index is 0.140. The number of pyridine rings is 1. The molecule has 0 aromatic carbocycles. The number of alkyl halides is 3. The Kier molecular flexibility index (Phi) is 7.02. The lowest BCUT2D eigenvalue weighted by atomic mass is 9.77. The number of amides is 1. The summed E-state index contributed by atoms with van der Waals surface area (Å²) in [4.78, 5) is 27.9. The van der Waals surface area contributed by atoms with Crippen LogP contribution in [0.4, 0.5) is 13.2 Å². The quantitative estimate of drug-likeness (QED) is 0.702. The second kappa shape index (κ2) is 9.55. The second-order valence-corrected chi connectivity index (χ2v) is 7.73. The highest BCUT2D eigenvalue weighted by Gasteiger charge is 2.54. The van der Waals surface area contributed by atoms with E-state index in [-0.39, 0.29) is 17.2 Å². The van der Waals surface area contributed by atoms with Crippen LogP contribution in [0, 0.1) is 18.3 Å². The molecule has 0 radical (unpaired) electrons. The van der Waals surface area contributed by atoms with Crippen LogP contribution >= 0.6 is 0 Å². The van der Waals surface area contributed by atoms with Crippen LogP contribution in [-0.4, -0.2) is 64.4 Å². The number of aryl methyl sites for hydroxylation is 1. The Morgan fingerprint density at radius 2 is 2.19 bits per heavy atom. The molecule has 2 atom stereocenters. The number of ether oxygens (including phenoxy) is 1. The van der Waals surface area contributed by atoms with E-state index in [0.717, 1.165) is 31.0 Å². The largest absolute Gasteiger partial charge is 0.490 e. The first-order valence-electron chi connectivity index (χ1n) is 9.87. The van der Waals surface area contributed by atoms with E-state index < -0.39 is 12.1 Å². The molecule has 0 saturated carbocycles. The average Bonchev–Trinajstić information content (AvgIpc) is 3.43. The van der Waals surface area contributed by atoms with Gasteiger partial charge < -0.3 is 19.7 Å². The number of likely N-dealkylation sites (tertiary alicyclic amines) is 1. The Hall–Kier alpha value is -3.15. The molecule has 174 valence electrons. The Labute approximate surface area is 181 Å². The topological polar surface area (TPSA) is 118 Å². The van der Waals surface area contributed by atoms with E-state index in [1.165, 1.54) is 0 Å². The predicted molar refractivity (Wildman–Crippen MR) is 103 cm³/mol. The van der Waals surface area contributed by atoms with Crippen molar-refractivity contribution in [3.63, 3.8) is 0 Å². The van der Waals surface area contributed by atoms with Gasteiger partial charge in [0, 0.05) is 43.9 Å². The van der Waals surface area contributed by atoms with E-state index in [2.05, 4.69) is 20.4 Å². The van der Waals surface area contributed by atoms with Crippen molar-refractivity contribution in [3.8, 4) is 5.88 Å². The number of carboxylic acid groups (broad SMARTS) is 1. The normalized spacial score (nSPS) is 23.0. The van der Waals surface area contributed by atoms with Crippen molar-refractivity contribution in [2.45, 2.75) is 26.1 Å². The summed E-state index contributed by atoms with van der Waals surface area (Å²) in [6.45, 7) is 5.34. The summed E-state index contributed by atoms with van der Waals surface area (Å²) < 4.78 is 42.7. The summed E-state index contributed by atoms with van der Waals surface area (Å²) in [6.07, 6.45) is -2.54. The van der Waals surface area contributed by atoms with Gasteiger partial charge >= 0.3 is 12.1 Å². The molecule has 2 aliphatic rings. The summed E-state index contributed by atoms with van der Waals surface area (Å²) in [5.41, 5.74) is 0.530. The van der Waals surface area contributed by atoms with Gasteiger partial charge in [0.1, 0.15) is 5.76 Å². The summed E-state index contributed by atoms with van der Waals surface area (Å²) in [6, 6.07) is 7.54. The number of aromatic nitrogens is 2. The van der Waals surface area contributed by atoms with Crippen molar-refractivity contribution in [3.05, 3.63) is 41.9 Å². The molecule has 2 aromatic rings. The Morgan fingerprint density at radius 3 is 2.78 bits per heavy atom. The van der Waals surface area contributed by atoms with Crippen LogP contribution < -0.4 is 10.1 Å². The van der Waals surface area contributed by atoms with Gasteiger partial charge in [-0.05, 0) is 26.0 Å². The van der Waals surface area contributed by atoms with Gasteiger partial charge in [-0.15, -0.1) is 0 Å². The number of rotatable bonds is 5. The maximum Gasteiger partial charge on any atom is 0.490 e. The molecule has 2 aliphatic heterocycles. The molecule has 2 fully saturated rings. The predicted octanol–water partition coefficient (Wildman–Crippen LogP) is 2.03. The second-order valence-electron chi connectivity index (χ2n) is 7.73. The van der Waals surface area contributed by atoms with Crippen LogP contribution in [-0.2, 0) is 16.1 Å². The van der Waals surface area contributed by atoms with Crippen molar-refractivity contribution in [1.29, 1.82) is 0 Å². The van der Waals surface area contributed by atoms with E-state index in [0.29, 0.717) is 25.6 Å². The third-order valence-electron chi connectivity index (χ3n) is 5.50. The van der Waals surface area contributed by atoms with E-state index in [1.54, 1.807) is 6.20 Å². The molecular weight excluding hydrogens is 433 g/mol. The van der Waals surface area contributed by atoms with Crippen molar-refractivity contribution < 1.29 is 37.1 Å². The highest BCUT2D eigenvalue weighted by Crippen LogP contribution is 2.42. The van der Waals surface area contributed by atoms with E-state index in [1.807, 2.05) is 31.2 Å². The Balaban J connectivity index is 0.000000360. The van der Waals surface area contributed by atoms with Crippen LogP contribution in [0.2, 0.25) is 0 Å². The fourth-order valence-electron chi connectivity index (χ4n) is 3.90. The molecule has 0 unspecified atom stereocenters. The Morgan fingerprint density at radius 1 is 1.44 bits per heavy atom. The standard InChI is InChI=1S/C18H22N4O3.C2HF3O2/c1-13-8-15(21-25-13)10-22-7-5-18(12-22)14(9-20-17(18)23)11-24-16-4-2-3-6-19-16;3-2(4,5)1(6)7/h2-4,6,8,14H,5,7,9-12H2,1H3,(H,20,23);(H,6,7)/t14-,18-;/m1./s1. The van der Waals surface area contributed by atoms with E-state index in [9.17, 15) is 18.0 Å². The number of hydrogen-bond donors (Lipinski definition) is 2. The number of nitrogens with one attached hydrogen (secondary N) is 1. The molecule has 32 heavy (non-hydrogen) atoms. The molecule has 2 aromatic heterocycles. The molecule has 1 amide bonds. The lowest BCUT2D eigenvalue weighted by Crippen LogP contribution is -2.40. The van der Waals surface area contributed by atoms with Crippen LogP contribution in [0.5, 0.6) is 5.88 Å². The Bertz CT molecular complexity index is 937. The number of halogens is 3. The minimum atomic E-state index is -5.08. The van der Waals surface area contributed by atoms with Crippen LogP contribution in [0.25, 0.3) is 0 Å². The zero-order chi connectivity index (χ0) is 23.4. The molecule has 1 spiro atoms. The van der Waals surface area contributed by atoms with Crippen LogP contribution in [0.1, 0.15) is 17.9 Å². The monoisotopic (exact) mass is 456 g/mol. The van der Waals surface area contributed by atoms with Crippen molar-refractivity contribution in [2.75, 3.05) is 26.2 Å². The zero-order valence-corrected chi connectivity index (χ0v) is 17.3. The highest BCUT2D eigenvalue weighted by molar-refractivity contribution is 5.86. The van der Waals surface area contributed by atoms with Gasteiger partial charge in [-0.1, -0.05) is 11.2 Å². The fourth-order valence-corrected chi connectivity index (χ4v) is 3.90. The van der Waals surface area contributed by atoms with Crippen LogP contribution in [0.3, 0.4) is 0 Å². The van der Waals surface area contributed by atoms with Gasteiger partial charge in [-0.2, -0.15) is 13.2 Å². The maximum atomic E-state index is 12.6. The van der Waals surface area contributed by atoms with Crippen molar-refractivity contribution >= 4 is 11.9 Å². The summed E-state index contributed by atoms with van der Waals surface area (Å²) >= 11 is 0. The molecule has 12 heteroatoms. The summed E-state index contributed by atoms with van der Waals surface area (Å²) in [5, 5.41) is 14.2. The maximum absolute atomic E-state index is 12.6. The fraction of sp³-hybridized carbons (Fsp3) is 0.500. The number of carbonyl (C=O) groups is 2. The van der Waals surface area contributed by atoms with E-state index >= 15 is 0 Å². The van der Waals surface area contributed by atoms with E-state index in [4.69, 9.17) is 19.2 Å². The number of carboxylic acids is 1. The van der Waals surface area contributed by atoms with Crippen molar-refractivity contribution in [1.82, 2.24) is 20.4 Å². The van der Waals surface area contributed by atoms with Gasteiger partial charge in [0.15, 0.2) is 0 Å². The molecule has 4 heterocycles. The molecule has 0 aliphatic carbocycles. The molecule has 2 N–H and O–H groups in total. The van der Waals surface area contributed by atoms with Gasteiger partial charge in [0.25, 0.3) is 0 Å². The molecule has 9 nitrogen and oxygen atoms in total. The first-order chi connectivity index (χ1) is 15.1. The smallest absolute Gasteiger partial charge is 0.477 e. The third kappa shape index (κ3) is 5.55. The molecule has 0 bridgehead atoms. The first kappa shape index (κ1) is 23.5. The average molecular weight is 456 g/mol. The number of aliphatic carboxylic acids is 1. The van der Waals surface area contributed by atoms with Gasteiger partial charge in [0.2, 0.25) is 11.8 Å². The zero-order valence-electron chi connectivity index (χ0n) is 17.3. The van der Waals surface area contributed by atoms with Gasteiger partial charge in [-0.3, -0.25) is 9.69 Å². The molecule has 2 saturated heterocycles. The van der Waals surface area contributed by atoms with Crippen molar-refractivity contribution in [2.24, 2.45) is 11.3 Å². The first-order valence-corrected chi connectivity index (χ1v) is 9.87. The lowest BCUT2D eigenvalue weighted by Gasteiger charge is -2.28. The SMILES string of the molecule is Cc1cc(CN2CC[C@]3(C2)C(=O)NC[C@@H]3COc2ccccn2)no1.O=C(O)C(F)(F)F.